The minimum Gasteiger partial charge on any atom is -0.391 e. The molecular weight excluding hydrogens is 637 g/mol. The number of β-amino-alcohol motifs (C(OH)–C–C–N with tert-alkyl or cyclic N) is 1. The van der Waals surface area contributed by atoms with Crippen LogP contribution in [-0.2, 0) is 19.6 Å². The van der Waals surface area contributed by atoms with E-state index in [0.29, 0.717) is 35.5 Å². The zero-order valence-corrected chi connectivity index (χ0v) is 27.6. The molecule has 11 nitrogen and oxygen atoms in total. The summed E-state index contributed by atoms with van der Waals surface area (Å²) in [5.74, 6) is -1.59. The van der Waals surface area contributed by atoms with Gasteiger partial charge >= 0.3 is 0 Å². The third-order valence-electron chi connectivity index (χ3n) is 9.19. The number of nitrogens with zero attached hydrogens (tertiary/aromatic N) is 3. The number of amides is 3. The molecule has 3 heterocycles. The maximum atomic E-state index is 13.6. The number of pyridine rings is 1. The summed E-state index contributed by atoms with van der Waals surface area (Å²) in [5, 5.41) is 16.4. The van der Waals surface area contributed by atoms with E-state index in [0.717, 1.165) is 37.7 Å². The van der Waals surface area contributed by atoms with E-state index >= 15 is 0 Å². The lowest BCUT2D eigenvalue weighted by molar-refractivity contribution is -0.138. The number of aromatic nitrogens is 1. The third-order valence-corrected chi connectivity index (χ3v) is 11.1. The number of hydrogen-bond acceptors (Lipinski definition) is 7. The van der Waals surface area contributed by atoms with Crippen LogP contribution in [0.3, 0.4) is 0 Å². The Bertz CT molecular complexity index is 1860. The first kappa shape index (κ1) is 33.7. The van der Waals surface area contributed by atoms with E-state index in [9.17, 15) is 32.3 Å². The van der Waals surface area contributed by atoms with Crippen LogP contribution in [0, 0.1) is 11.7 Å². The van der Waals surface area contributed by atoms with Gasteiger partial charge in [-0.2, -0.15) is 4.31 Å². The van der Waals surface area contributed by atoms with Crippen LogP contribution in [0.15, 0.2) is 59.5 Å². The SMILES string of the molecule is C[C@@H](NC(=O)[C@@H]1C[C@@H](O)CN1C(=O)CNC(=O)c1ccc2cc(F)ccc2n1)c1ccc(S(=O)(=O)N2CCCCC2)cc1/C=C/C1CC1. The van der Waals surface area contributed by atoms with Crippen LogP contribution >= 0.6 is 0 Å². The van der Waals surface area contributed by atoms with Crippen LogP contribution in [-0.4, -0.2) is 83.8 Å². The molecule has 3 atom stereocenters. The molecule has 1 saturated carbocycles. The fraction of sp³-hybridized carbons (Fsp3) is 0.429. The minimum absolute atomic E-state index is 0.0302. The normalized spacial score (nSPS) is 21.0. The molecule has 3 aliphatic rings. The molecule has 3 fully saturated rings. The van der Waals surface area contributed by atoms with Crippen molar-refractivity contribution in [1.29, 1.82) is 0 Å². The minimum atomic E-state index is -3.66. The van der Waals surface area contributed by atoms with Crippen molar-refractivity contribution in [3.8, 4) is 0 Å². The number of piperidine rings is 1. The van der Waals surface area contributed by atoms with Gasteiger partial charge < -0.3 is 20.6 Å². The number of likely N-dealkylation sites (tertiary alicyclic amines) is 1. The molecular formula is C35H40FN5O6S. The number of allylic oxidation sites excluding steroid dienone is 1. The van der Waals surface area contributed by atoms with Crippen LogP contribution in [0.4, 0.5) is 4.39 Å². The molecule has 0 spiro atoms. The predicted molar refractivity (Wildman–Crippen MR) is 178 cm³/mol. The van der Waals surface area contributed by atoms with Gasteiger partial charge in [-0.3, -0.25) is 14.4 Å². The standard InChI is InChI=1S/C35H40FN5O6S/c1-22(29-12-11-28(18-24(29)8-7-23-5-6-23)48(46,47)40-15-3-2-4-16-40)38-35(45)32-19-27(42)21-41(32)33(43)20-37-34(44)31-13-9-25-17-26(36)10-14-30(25)39-31/h7-14,17-18,22-23,27,32,42H,2-6,15-16,19-21H2,1H3,(H,37,44)(H,38,45)/b8-7+/t22-,27-,32+/m1/s1. The maximum absolute atomic E-state index is 13.6. The van der Waals surface area contributed by atoms with E-state index in [-0.39, 0.29) is 23.6 Å². The summed E-state index contributed by atoms with van der Waals surface area (Å²) < 4.78 is 41.9. The van der Waals surface area contributed by atoms with Gasteiger partial charge in [0.15, 0.2) is 0 Å². The molecule has 0 bridgehead atoms. The third kappa shape index (κ3) is 7.58. The molecule has 254 valence electrons. The number of carbonyl (C=O) groups is 3. The highest BCUT2D eigenvalue weighted by atomic mass is 32.2. The smallest absolute Gasteiger partial charge is 0.270 e. The lowest BCUT2D eigenvalue weighted by Crippen LogP contribution is -2.49. The Morgan fingerprint density at radius 1 is 1.06 bits per heavy atom. The monoisotopic (exact) mass is 677 g/mol. The van der Waals surface area contributed by atoms with Gasteiger partial charge in [0.05, 0.1) is 29.1 Å². The number of aliphatic hydroxyl groups is 1. The van der Waals surface area contributed by atoms with E-state index < -0.39 is 58.3 Å². The molecule has 2 aromatic carbocycles. The van der Waals surface area contributed by atoms with Gasteiger partial charge in [0, 0.05) is 31.4 Å². The number of benzene rings is 2. The lowest BCUT2D eigenvalue weighted by atomic mass is 10.00. The van der Waals surface area contributed by atoms with Gasteiger partial charge in [0.1, 0.15) is 17.6 Å². The van der Waals surface area contributed by atoms with E-state index in [1.165, 1.54) is 33.5 Å². The van der Waals surface area contributed by atoms with Crippen LogP contribution in [0.1, 0.15) is 73.1 Å². The first-order chi connectivity index (χ1) is 23.0. The lowest BCUT2D eigenvalue weighted by Gasteiger charge is -2.27. The van der Waals surface area contributed by atoms with Crippen LogP contribution in [0.5, 0.6) is 0 Å². The van der Waals surface area contributed by atoms with Crippen molar-refractivity contribution in [3.05, 3.63) is 77.2 Å². The quantitative estimate of drug-likeness (QED) is 0.297. The average molecular weight is 678 g/mol. The summed E-state index contributed by atoms with van der Waals surface area (Å²) in [6, 6.07) is 10.5. The summed E-state index contributed by atoms with van der Waals surface area (Å²) in [5.41, 5.74) is 1.90. The molecule has 2 aliphatic heterocycles. The number of nitrogens with one attached hydrogen (secondary N) is 2. The molecule has 1 aromatic heterocycles. The Hall–Kier alpha value is -4.20. The molecule has 0 radical (unpaired) electrons. The summed E-state index contributed by atoms with van der Waals surface area (Å²) in [4.78, 5) is 45.2. The van der Waals surface area contributed by atoms with Gasteiger partial charge in [-0.25, -0.2) is 17.8 Å². The summed E-state index contributed by atoms with van der Waals surface area (Å²) in [6.07, 6.45) is 7.95. The predicted octanol–water partition coefficient (Wildman–Crippen LogP) is 3.54. The van der Waals surface area contributed by atoms with Crippen molar-refractivity contribution in [2.45, 2.75) is 68.5 Å². The van der Waals surface area contributed by atoms with Gasteiger partial charge in [-0.1, -0.05) is 30.7 Å². The summed E-state index contributed by atoms with van der Waals surface area (Å²) in [7, 11) is -3.66. The maximum Gasteiger partial charge on any atom is 0.270 e. The fourth-order valence-electron chi connectivity index (χ4n) is 6.33. The van der Waals surface area contributed by atoms with Gasteiger partial charge in [-0.05, 0) is 86.1 Å². The Balaban J connectivity index is 1.13. The summed E-state index contributed by atoms with van der Waals surface area (Å²) in [6.45, 7) is 2.30. The highest BCUT2D eigenvalue weighted by Gasteiger charge is 2.39. The van der Waals surface area contributed by atoms with Crippen molar-refractivity contribution >= 4 is 44.7 Å². The first-order valence-electron chi connectivity index (χ1n) is 16.4. The van der Waals surface area contributed by atoms with Crippen molar-refractivity contribution in [1.82, 2.24) is 24.8 Å². The number of sulfonamides is 1. The Morgan fingerprint density at radius 2 is 1.83 bits per heavy atom. The Morgan fingerprint density at radius 3 is 2.58 bits per heavy atom. The molecule has 0 unspecified atom stereocenters. The molecule has 6 rings (SSSR count). The Kier molecular flexibility index (Phi) is 9.90. The zero-order chi connectivity index (χ0) is 34.0. The molecule has 3 amide bonds. The van der Waals surface area contributed by atoms with E-state index in [1.807, 2.05) is 6.08 Å². The largest absolute Gasteiger partial charge is 0.391 e. The van der Waals surface area contributed by atoms with Gasteiger partial charge in [0.25, 0.3) is 5.91 Å². The van der Waals surface area contributed by atoms with Crippen molar-refractivity contribution in [2.24, 2.45) is 5.92 Å². The molecule has 1 aliphatic carbocycles. The zero-order valence-electron chi connectivity index (χ0n) is 26.8. The highest BCUT2D eigenvalue weighted by molar-refractivity contribution is 7.89. The van der Waals surface area contributed by atoms with E-state index in [2.05, 4.69) is 21.7 Å². The average Bonchev–Trinajstić information content (AvgIpc) is 3.84. The second-order valence-corrected chi connectivity index (χ2v) is 14.8. The Labute approximate surface area is 279 Å². The first-order valence-corrected chi connectivity index (χ1v) is 17.9. The molecule has 3 N–H and O–H groups in total. The number of halogens is 1. The van der Waals surface area contributed by atoms with Crippen molar-refractivity contribution < 1.29 is 32.3 Å². The summed E-state index contributed by atoms with van der Waals surface area (Å²) >= 11 is 0. The fourth-order valence-corrected chi connectivity index (χ4v) is 7.88. The van der Waals surface area contributed by atoms with Gasteiger partial charge in [0.2, 0.25) is 21.8 Å². The number of fused-ring (bicyclic) bond motifs is 1. The van der Waals surface area contributed by atoms with Crippen LogP contribution in [0.2, 0.25) is 0 Å². The van der Waals surface area contributed by atoms with Gasteiger partial charge in [-0.15, -0.1) is 0 Å². The molecule has 13 heteroatoms. The van der Waals surface area contributed by atoms with E-state index in [1.54, 1.807) is 31.2 Å². The van der Waals surface area contributed by atoms with Crippen LogP contribution in [0.25, 0.3) is 17.0 Å². The highest BCUT2D eigenvalue weighted by Crippen LogP contribution is 2.33. The molecule has 48 heavy (non-hydrogen) atoms. The van der Waals surface area contributed by atoms with Crippen molar-refractivity contribution in [2.75, 3.05) is 26.2 Å². The van der Waals surface area contributed by atoms with Crippen LogP contribution < -0.4 is 10.6 Å². The number of aliphatic hydroxyl groups excluding tert-OH is 1. The number of carbonyl (C=O) groups excluding carboxylic acids is 3. The topological polar surface area (TPSA) is 149 Å². The molecule has 2 saturated heterocycles. The number of hydrogen-bond donors (Lipinski definition) is 3. The second kappa shape index (κ2) is 14.1. The van der Waals surface area contributed by atoms with E-state index in [4.69, 9.17) is 0 Å². The number of rotatable bonds is 10. The molecule has 3 aromatic rings. The second-order valence-electron chi connectivity index (χ2n) is 12.8. The van der Waals surface area contributed by atoms with Crippen molar-refractivity contribution in [3.63, 3.8) is 0 Å².